The summed E-state index contributed by atoms with van der Waals surface area (Å²) in [6.07, 6.45) is 0.420. The summed E-state index contributed by atoms with van der Waals surface area (Å²) in [5, 5.41) is 15.9. The number of hydrogen-bond acceptors (Lipinski definition) is 7. The summed E-state index contributed by atoms with van der Waals surface area (Å²) in [6, 6.07) is 3.96. The Morgan fingerprint density at radius 3 is 2.49 bits per heavy atom. The van der Waals surface area contributed by atoms with E-state index in [-0.39, 0.29) is 24.5 Å². The Morgan fingerprint density at radius 2 is 1.80 bits per heavy atom. The largest absolute Gasteiger partial charge is 0.417 e. The number of aromatic nitrogens is 2. The van der Waals surface area contributed by atoms with Gasteiger partial charge in [-0.3, -0.25) is 9.58 Å². The molecule has 2 aromatic rings. The SMILES string of the molecule is CS(=O)(=O)N1CCc2c(c(-c3ccc(C(F)(F)F)c(SCCN4CCCC(F)C4)c3)nn2C[C@@H](O)CN2CC3CCCC3C2)C1. The first-order valence-electron chi connectivity index (χ1n) is 16.0. The molecular formula is C31H43F4N5O3S2. The van der Waals surface area contributed by atoms with E-state index >= 15 is 0 Å². The summed E-state index contributed by atoms with van der Waals surface area (Å²) in [7, 11) is -3.51. The number of rotatable bonds is 10. The molecule has 1 aromatic heterocycles. The van der Waals surface area contributed by atoms with Crippen molar-refractivity contribution in [1.29, 1.82) is 0 Å². The molecular weight excluding hydrogens is 630 g/mol. The van der Waals surface area contributed by atoms with E-state index in [0.29, 0.717) is 66.9 Å². The van der Waals surface area contributed by atoms with Crippen LogP contribution in [0.1, 0.15) is 48.9 Å². The molecule has 3 fully saturated rings. The lowest BCUT2D eigenvalue weighted by Crippen LogP contribution is -2.37. The second kappa shape index (κ2) is 13.4. The topological polar surface area (TPSA) is 81.9 Å². The van der Waals surface area contributed by atoms with Crippen LogP contribution < -0.4 is 0 Å². The van der Waals surface area contributed by atoms with Gasteiger partial charge in [0.05, 0.1) is 30.2 Å². The van der Waals surface area contributed by atoms with Gasteiger partial charge < -0.3 is 10.0 Å². The van der Waals surface area contributed by atoms with E-state index in [4.69, 9.17) is 5.10 Å². The first-order valence-corrected chi connectivity index (χ1v) is 18.8. The number of β-amino-alcohol motifs (C(OH)–C–C–N with tert-alkyl or cyclic N) is 1. The van der Waals surface area contributed by atoms with Gasteiger partial charge in [-0.05, 0) is 56.2 Å². The second-order valence-electron chi connectivity index (χ2n) is 13.2. The van der Waals surface area contributed by atoms with Crippen LogP contribution in [0.5, 0.6) is 0 Å². The number of benzene rings is 1. The molecule has 0 spiro atoms. The van der Waals surface area contributed by atoms with Crippen LogP contribution in [-0.4, -0.2) is 108 Å². The lowest BCUT2D eigenvalue weighted by molar-refractivity contribution is -0.139. The highest BCUT2D eigenvalue weighted by atomic mass is 32.2. The van der Waals surface area contributed by atoms with Gasteiger partial charge in [0.25, 0.3) is 0 Å². The second-order valence-corrected chi connectivity index (χ2v) is 16.3. The van der Waals surface area contributed by atoms with Gasteiger partial charge in [-0.15, -0.1) is 11.8 Å². The molecule has 4 aliphatic rings. The van der Waals surface area contributed by atoms with Crippen molar-refractivity contribution < 1.29 is 31.1 Å². The Hall–Kier alpha value is -1.71. The first-order chi connectivity index (χ1) is 21.3. The van der Waals surface area contributed by atoms with Crippen molar-refractivity contribution in [2.24, 2.45) is 11.8 Å². The normalized spacial score (nSPS) is 25.9. The summed E-state index contributed by atoms with van der Waals surface area (Å²) >= 11 is 1.09. The van der Waals surface area contributed by atoms with Crippen molar-refractivity contribution in [1.82, 2.24) is 23.9 Å². The first kappa shape index (κ1) is 33.2. The molecule has 4 heterocycles. The Labute approximate surface area is 267 Å². The van der Waals surface area contributed by atoms with Crippen LogP contribution in [0, 0.1) is 11.8 Å². The number of sulfonamides is 1. The molecule has 6 rings (SSSR count). The van der Waals surface area contributed by atoms with Crippen LogP contribution in [0.15, 0.2) is 23.1 Å². The minimum atomic E-state index is -4.56. The fourth-order valence-corrected chi connectivity index (χ4v) is 9.58. The molecule has 3 aliphatic heterocycles. The quantitative estimate of drug-likeness (QED) is 0.294. The smallest absolute Gasteiger partial charge is 0.390 e. The molecule has 250 valence electrons. The zero-order valence-corrected chi connectivity index (χ0v) is 27.3. The molecule has 2 saturated heterocycles. The van der Waals surface area contributed by atoms with Crippen molar-refractivity contribution in [3.63, 3.8) is 0 Å². The number of nitrogens with zero attached hydrogens (tertiary/aromatic N) is 5. The van der Waals surface area contributed by atoms with E-state index in [1.165, 1.54) is 35.7 Å². The molecule has 14 heteroatoms. The highest BCUT2D eigenvalue weighted by Gasteiger charge is 2.38. The maximum absolute atomic E-state index is 14.1. The summed E-state index contributed by atoms with van der Waals surface area (Å²) < 4.78 is 84.1. The van der Waals surface area contributed by atoms with E-state index in [9.17, 15) is 31.1 Å². The lowest BCUT2D eigenvalue weighted by atomic mass is 10.0. The molecule has 1 aliphatic carbocycles. The number of aliphatic hydroxyl groups excluding tert-OH is 1. The van der Waals surface area contributed by atoms with Gasteiger partial charge in [0.2, 0.25) is 10.0 Å². The number of hydrogen-bond donors (Lipinski definition) is 1. The van der Waals surface area contributed by atoms with E-state index in [2.05, 4.69) is 4.90 Å². The Bertz CT molecular complexity index is 1460. The molecule has 1 aromatic carbocycles. The van der Waals surface area contributed by atoms with Crippen LogP contribution >= 0.6 is 11.8 Å². The maximum Gasteiger partial charge on any atom is 0.417 e. The Kier molecular flexibility index (Phi) is 9.90. The van der Waals surface area contributed by atoms with E-state index in [1.807, 2.05) is 4.90 Å². The molecule has 8 nitrogen and oxygen atoms in total. The van der Waals surface area contributed by atoms with E-state index < -0.39 is 34.0 Å². The van der Waals surface area contributed by atoms with Gasteiger partial charge >= 0.3 is 6.18 Å². The minimum Gasteiger partial charge on any atom is -0.390 e. The van der Waals surface area contributed by atoms with Gasteiger partial charge in [-0.25, -0.2) is 12.8 Å². The molecule has 1 saturated carbocycles. The summed E-state index contributed by atoms with van der Waals surface area (Å²) in [4.78, 5) is 4.33. The number of fused-ring (bicyclic) bond motifs is 2. The lowest BCUT2D eigenvalue weighted by Gasteiger charge is -2.28. The third-order valence-electron chi connectivity index (χ3n) is 9.90. The average molecular weight is 674 g/mol. The maximum atomic E-state index is 14.1. The number of aliphatic hydroxyl groups is 1. The number of piperidine rings is 1. The summed E-state index contributed by atoms with van der Waals surface area (Å²) in [5.41, 5.74) is 1.64. The molecule has 3 unspecified atom stereocenters. The molecule has 0 radical (unpaired) electrons. The molecule has 0 bridgehead atoms. The average Bonchev–Trinajstić information content (AvgIpc) is 3.66. The fraction of sp³-hybridized carbons (Fsp3) is 0.710. The fourth-order valence-electron chi connectivity index (χ4n) is 7.68. The van der Waals surface area contributed by atoms with Crippen LogP contribution in [0.2, 0.25) is 0 Å². The third-order valence-corrected chi connectivity index (χ3v) is 12.2. The minimum absolute atomic E-state index is 0.0625. The van der Waals surface area contributed by atoms with E-state index in [0.717, 1.165) is 55.8 Å². The van der Waals surface area contributed by atoms with Gasteiger partial charge in [0, 0.05) is 79.7 Å². The summed E-state index contributed by atoms with van der Waals surface area (Å²) in [5.74, 6) is 1.78. The Morgan fingerprint density at radius 1 is 1.04 bits per heavy atom. The Balaban J connectivity index is 1.26. The highest BCUT2D eigenvalue weighted by Crippen LogP contribution is 2.41. The number of alkyl halides is 4. The monoisotopic (exact) mass is 673 g/mol. The zero-order valence-electron chi connectivity index (χ0n) is 25.7. The van der Waals surface area contributed by atoms with Crippen molar-refractivity contribution in [2.75, 3.05) is 57.8 Å². The van der Waals surface area contributed by atoms with Crippen LogP contribution in [0.3, 0.4) is 0 Å². The van der Waals surface area contributed by atoms with Gasteiger partial charge in [-0.2, -0.15) is 22.6 Å². The molecule has 1 N–H and O–H groups in total. The number of likely N-dealkylation sites (tertiary alicyclic amines) is 2. The summed E-state index contributed by atoms with van der Waals surface area (Å²) in [6.45, 7) is 4.59. The van der Waals surface area contributed by atoms with Crippen molar-refractivity contribution in [2.45, 2.75) is 75.0 Å². The van der Waals surface area contributed by atoms with Crippen LogP contribution in [-0.2, 0) is 35.7 Å². The number of halogens is 4. The molecule has 4 atom stereocenters. The molecule has 45 heavy (non-hydrogen) atoms. The van der Waals surface area contributed by atoms with Gasteiger partial charge in [0.1, 0.15) is 6.17 Å². The number of thioether (sulfide) groups is 1. The van der Waals surface area contributed by atoms with Crippen molar-refractivity contribution >= 4 is 21.8 Å². The van der Waals surface area contributed by atoms with Crippen LogP contribution in [0.4, 0.5) is 17.6 Å². The van der Waals surface area contributed by atoms with Crippen molar-refractivity contribution in [3.8, 4) is 11.3 Å². The van der Waals surface area contributed by atoms with E-state index in [1.54, 1.807) is 4.68 Å². The van der Waals surface area contributed by atoms with Crippen LogP contribution in [0.25, 0.3) is 11.3 Å². The predicted octanol–water partition coefficient (Wildman–Crippen LogP) is 4.51. The van der Waals surface area contributed by atoms with Gasteiger partial charge in [0.15, 0.2) is 0 Å². The standard InChI is InChI=1S/C31H43F4N5O3S2/c1-45(42,43)39-11-9-28-26(20-39)30(36-40(28)19-25(41)18-38-15-22-4-2-5-23(22)16-38)21-7-8-27(31(33,34)35)29(14-21)44-13-12-37-10-3-6-24(32)17-37/h7-8,14,22-25,41H,2-6,9-13,15-20H2,1H3/t22?,23?,24?,25-/m0/s1. The van der Waals surface area contributed by atoms with Crippen molar-refractivity contribution in [3.05, 3.63) is 35.0 Å². The third kappa shape index (κ3) is 7.72. The predicted molar refractivity (Wildman–Crippen MR) is 166 cm³/mol. The zero-order chi connectivity index (χ0) is 31.9. The highest BCUT2D eigenvalue weighted by molar-refractivity contribution is 7.99. The molecule has 0 amide bonds. The van der Waals surface area contributed by atoms with Gasteiger partial charge in [-0.1, -0.05) is 12.5 Å².